The van der Waals surface area contributed by atoms with Gasteiger partial charge in [-0.05, 0) is 24.0 Å². The molecule has 1 fully saturated rings. The Balaban J connectivity index is 1.50. The summed E-state index contributed by atoms with van der Waals surface area (Å²) in [6.07, 6.45) is 5.70. The third kappa shape index (κ3) is 4.08. The monoisotopic (exact) mass is 393 g/mol. The van der Waals surface area contributed by atoms with E-state index in [9.17, 15) is 9.59 Å². The Morgan fingerprint density at radius 2 is 2.17 bits per heavy atom. The van der Waals surface area contributed by atoms with E-state index in [4.69, 9.17) is 9.15 Å². The second-order valence-electron chi connectivity index (χ2n) is 7.24. The Morgan fingerprint density at radius 3 is 2.93 bits per heavy atom. The van der Waals surface area contributed by atoms with Crippen LogP contribution in [0.2, 0.25) is 0 Å². The van der Waals surface area contributed by atoms with Gasteiger partial charge >= 0.3 is 0 Å². The van der Waals surface area contributed by atoms with E-state index in [0.29, 0.717) is 13.1 Å². The highest BCUT2D eigenvalue weighted by atomic mass is 16.5. The molecule has 1 atom stereocenters. The number of ether oxygens (including phenoxy) is 1. The van der Waals surface area contributed by atoms with Crippen molar-refractivity contribution in [3.05, 3.63) is 81.7 Å². The van der Waals surface area contributed by atoms with Crippen LogP contribution in [-0.4, -0.2) is 41.2 Å². The first-order valence-corrected chi connectivity index (χ1v) is 9.68. The molecule has 7 heteroatoms. The van der Waals surface area contributed by atoms with Gasteiger partial charge < -0.3 is 14.1 Å². The molecule has 0 spiro atoms. The van der Waals surface area contributed by atoms with Gasteiger partial charge in [-0.2, -0.15) is 5.10 Å². The largest absolute Gasteiger partial charge is 0.490 e. The molecular weight excluding hydrogens is 370 g/mol. The maximum absolute atomic E-state index is 12.9. The Bertz CT molecular complexity index is 1040. The molecule has 0 saturated carbocycles. The smallest absolute Gasteiger partial charge is 0.289 e. The van der Waals surface area contributed by atoms with Crippen LogP contribution in [0, 0.1) is 0 Å². The maximum atomic E-state index is 12.9. The highest BCUT2D eigenvalue weighted by Gasteiger charge is 2.29. The van der Waals surface area contributed by atoms with Crippen LogP contribution in [0.15, 0.2) is 58.1 Å². The summed E-state index contributed by atoms with van der Waals surface area (Å²) in [6, 6.07) is 11.4. The summed E-state index contributed by atoms with van der Waals surface area (Å²) in [5.74, 6) is 0.00381. The number of carbonyl (C=O) groups excluding carboxylic acids is 1. The molecule has 0 radical (unpaired) electrons. The SMILES string of the molecule is COc1coc(C(=O)N2CCC[C@@H](c3[nH]ncc3Cc3ccccc3)C2)cc1=O. The predicted octanol–water partition coefficient (Wildman–Crippen LogP) is 2.98. The van der Waals surface area contributed by atoms with Crippen LogP contribution in [0.4, 0.5) is 0 Å². The number of hydrogen-bond acceptors (Lipinski definition) is 5. The predicted molar refractivity (Wildman–Crippen MR) is 107 cm³/mol. The molecule has 7 nitrogen and oxygen atoms in total. The number of nitrogens with one attached hydrogen (secondary N) is 1. The van der Waals surface area contributed by atoms with Gasteiger partial charge in [-0.1, -0.05) is 30.3 Å². The van der Waals surface area contributed by atoms with Crippen LogP contribution in [0.5, 0.6) is 5.75 Å². The zero-order valence-corrected chi connectivity index (χ0v) is 16.3. The average Bonchev–Trinajstić information content (AvgIpc) is 3.22. The number of piperidine rings is 1. The zero-order valence-electron chi connectivity index (χ0n) is 16.3. The number of aromatic amines is 1. The number of aromatic nitrogens is 2. The van der Waals surface area contributed by atoms with Gasteiger partial charge in [0.1, 0.15) is 6.26 Å². The molecule has 1 aliphatic heterocycles. The average molecular weight is 393 g/mol. The number of carbonyl (C=O) groups is 1. The first kappa shape index (κ1) is 19.0. The van der Waals surface area contributed by atoms with Crippen molar-refractivity contribution in [3.8, 4) is 5.75 Å². The third-order valence-electron chi connectivity index (χ3n) is 5.33. The minimum atomic E-state index is -0.366. The lowest BCUT2D eigenvalue weighted by molar-refractivity contribution is 0.0670. The molecule has 29 heavy (non-hydrogen) atoms. The summed E-state index contributed by atoms with van der Waals surface area (Å²) in [4.78, 5) is 26.6. The lowest BCUT2D eigenvalue weighted by atomic mass is 9.90. The van der Waals surface area contributed by atoms with Crippen LogP contribution in [0.25, 0.3) is 0 Å². The van der Waals surface area contributed by atoms with Gasteiger partial charge in [0.25, 0.3) is 5.91 Å². The van der Waals surface area contributed by atoms with Crippen molar-refractivity contribution in [1.82, 2.24) is 15.1 Å². The normalized spacial score (nSPS) is 16.6. The molecule has 0 unspecified atom stereocenters. The van der Waals surface area contributed by atoms with Gasteiger partial charge in [0.05, 0.1) is 13.3 Å². The van der Waals surface area contributed by atoms with Crippen molar-refractivity contribution in [1.29, 1.82) is 0 Å². The molecule has 150 valence electrons. The van der Waals surface area contributed by atoms with Gasteiger partial charge in [-0.3, -0.25) is 14.7 Å². The molecule has 0 bridgehead atoms. The van der Waals surface area contributed by atoms with Crippen LogP contribution in [0.3, 0.4) is 0 Å². The second-order valence-corrected chi connectivity index (χ2v) is 7.24. The van der Waals surface area contributed by atoms with Crippen molar-refractivity contribution in [2.75, 3.05) is 20.2 Å². The summed E-state index contributed by atoms with van der Waals surface area (Å²) in [5, 5.41) is 7.39. The van der Waals surface area contributed by atoms with E-state index in [1.54, 1.807) is 4.90 Å². The number of methoxy groups -OCH3 is 1. The molecule has 1 aromatic carbocycles. The molecule has 1 saturated heterocycles. The van der Waals surface area contributed by atoms with E-state index < -0.39 is 0 Å². The summed E-state index contributed by atoms with van der Waals surface area (Å²) in [7, 11) is 1.39. The van der Waals surface area contributed by atoms with E-state index in [1.165, 1.54) is 25.0 Å². The maximum Gasteiger partial charge on any atom is 0.289 e. The van der Waals surface area contributed by atoms with Crippen molar-refractivity contribution < 1.29 is 13.9 Å². The Kier molecular flexibility index (Phi) is 5.46. The molecule has 1 aliphatic rings. The quantitative estimate of drug-likeness (QED) is 0.720. The number of rotatable bonds is 5. The molecule has 3 heterocycles. The molecular formula is C22H23N3O4. The first-order chi connectivity index (χ1) is 14.2. The standard InChI is InChI=1S/C22H23N3O4/c1-28-20-14-29-19(11-18(20)26)22(27)25-9-5-8-16(13-25)21-17(12-23-24-21)10-15-6-3-2-4-7-15/h2-4,6-7,11-12,14,16H,5,8-10,13H2,1H3,(H,23,24)/t16-/m1/s1. The van der Waals surface area contributed by atoms with E-state index in [2.05, 4.69) is 22.3 Å². The number of likely N-dealkylation sites (tertiary alicyclic amines) is 1. The topological polar surface area (TPSA) is 88.4 Å². The van der Waals surface area contributed by atoms with Crippen LogP contribution in [-0.2, 0) is 6.42 Å². The van der Waals surface area contributed by atoms with Gasteiger partial charge in [0.15, 0.2) is 5.76 Å². The molecule has 2 aromatic heterocycles. The Morgan fingerprint density at radius 1 is 1.34 bits per heavy atom. The van der Waals surface area contributed by atoms with Gasteiger partial charge in [0.2, 0.25) is 11.2 Å². The fourth-order valence-electron chi connectivity index (χ4n) is 3.84. The van der Waals surface area contributed by atoms with E-state index >= 15 is 0 Å². The summed E-state index contributed by atoms with van der Waals surface area (Å²) in [5.41, 5.74) is 3.07. The van der Waals surface area contributed by atoms with E-state index in [1.807, 2.05) is 24.4 Å². The van der Waals surface area contributed by atoms with Crippen molar-refractivity contribution in [2.24, 2.45) is 0 Å². The minimum Gasteiger partial charge on any atom is -0.490 e. The second kappa shape index (κ2) is 8.34. The highest BCUT2D eigenvalue weighted by Crippen LogP contribution is 2.29. The summed E-state index contributed by atoms with van der Waals surface area (Å²) >= 11 is 0. The zero-order chi connectivity index (χ0) is 20.2. The van der Waals surface area contributed by atoms with Crippen molar-refractivity contribution in [3.63, 3.8) is 0 Å². The Labute approximate surface area is 168 Å². The third-order valence-corrected chi connectivity index (χ3v) is 5.33. The van der Waals surface area contributed by atoms with Crippen LogP contribution >= 0.6 is 0 Å². The minimum absolute atomic E-state index is 0.0329. The van der Waals surface area contributed by atoms with Gasteiger partial charge in [-0.25, -0.2) is 0 Å². The number of benzene rings is 1. The summed E-state index contributed by atoms with van der Waals surface area (Å²) in [6.45, 7) is 1.19. The highest BCUT2D eigenvalue weighted by molar-refractivity contribution is 5.91. The van der Waals surface area contributed by atoms with Crippen molar-refractivity contribution in [2.45, 2.75) is 25.2 Å². The molecule has 3 aromatic rings. The van der Waals surface area contributed by atoms with Crippen LogP contribution in [0.1, 0.15) is 46.1 Å². The number of amides is 1. The number of H-pyrrole nitrogens is 1. The van der Waals surface area contributed by atoms with Gasteiger partial charge in [0, 0.05) is 37.2 Å². The Hall–Kier alpha value is -3.35. The van der Waals surface area contributed by atoms with Crippen molar-refractivity contribution >= 4 is 5.91 Å². The number of nitrogens with zero attached hydrogens (tertiary/aromatic N) is 2. The van der Waals surface area contributed by atoms with E-state index in [0.717, 1.165) is 30.5 Å². The van der Waals surface area contributed by atoms with Gasteiger partial charge in [-0.15, -0.1) is 0 Å². The summed E-state index contributed by atoms with van der Waals surface area (Å²) < 4.78 is 10.2. The lowest BCUT2D eigenvalue weighted by Crippen LogP contribution is -2.39. The first-order valence-electron chi connectivity index (χ1n) is 9.68. The fourth-order valence-corrected chi connectivity index (χ4v) is 3.84. The molecule has 1 N–H and O–H groups in total. The fraction of sp³-hybridized carbons (Fsp3) is 0.318. The molecule has 1 amide bonds. The lowest BCUT2D eigenvalue weighted by Gasteiger charge is -2.32. The molecule has 4 rings (SSSR count). The number of hydrogen-bond donors (Lipinski definition) is 1. The molecule has 0 aliphatic carbocycles. The van der Waals surface area contributed by atoms with E-state index in [-0.39, 0.29) is 28.8 Å². The van der Waals surface area contributed by atoms with Crippen LogP contribution < -0.4 is 10.2 Å².